The largest absolute Gasteiger partial charge is 0.496 e. The maximum Gasteiger partial charge on any atom is 0.413 e. The van der Waals surface area contributed by atoms with Gasteiger partial charge in [-0.25, -0.2) is 0 Å². The fraction of sp³-hybridized carbons (Fsp3) is 0.200. The molecule has 1 aromatic carbocycles. The Hall–Kier alpha value is -1.45. The van der Waals surface area contributed by atoms with E-state index in [0.717, 1.165) is 0 Å². The van der Waals surface area contributed by atoms with Gasteiger partial charge in [0.25, 0.3) is 0 Å². The molecule has 0 N–H and O–H groups in total. The summed E-state index contributed by atoms with van der Waals surface area (Å²) >= 11 is 0. The Kier molecular flexibility index (Phi) is 3.17. The van der Waals surface area contributed by atoms with Crippen LogP contribution in [0.4, 0.5) is 13.2 Å². The molecule has 0 saturated carbocycles. The van der Waals surface area contributed by atoms with Crippen molar-refractivity contribution in [3.05, 3.63) is 42.0 Å². The summed E-state index contributed by atoms with van der Waals surface area (Å²) in [4.78, 5) is 0. The number of methoxy groups -OCH3 is 1. The summed E-state index contributed by atoms with van der Waals surface area (Å²) in [6.07, 6.45) is -4.22. The fourth-order valence-electron chi connectivity index (χ4n) is 1.01. The minimum Gasteiger partial charge on any atom is -0.496 e. The van der Waals surface area contributed by atoms with E-state index in [-0.39, 0.29) is 11.8 Å². The zero-order valence-corrected chi connectivity index (χ0v) is 7.51. The number of ether oxygens (including phenoxy) is 1. The Morgan fingerprint density at radius 2 is 1.79 bits per heavy atom. The number of halogens is 3. The van der Waals surface area contributed by atoms with Crippen LogP contribution in [-0.2, 0) is 4.74 Å². The number of rotatable bonds is 2. The van der Waals surface area contributed by atoms with E-state index in [9.17, 15) is 13.2 Å². The second-order valence-corrected chi connectivity index (χ2v) is 2.62. The molecule has 0 fully saturated rings. The monoisotopic (exact) mass is 202 g/mol. The van der Waals surface area contributed by atoms with Crippen LogP contribution in [0.15, 0.2) is 36.4 Å². The number of allylic oxidation sites excluding steroid dienone is 1. The number of hydrogen-bond donors (Lipinski definition) is 0. The molecule has 0 amide bonds. The molecule has 0 aliphatic carbocycles. The lowest BCUT2D eigenvalue weighted by molar-refractivity contribution is -0.0804. The van der Waals surface area contributed by atoms with Gasteiger partial charge in [-0.15, -0.1) is 0 Å². The van der Waals surface area contributed by atoms with E-state index in [2.05, 4.69) is 4.74 Å². The number of hydrogen-bond acceptors (Lipinski definition) is 1. The molecular weight excluding hydrogens is 193 g/mol. The quantitative estimate of drug-likeness (QED) is 0.669. The first-order valence-corrected chi connectivity index (χ1v) is 3.92. The molecule has 0 heterocycles. The highest BCUT2D eigenvalue weighted by molar-refractivity contribution is 5.60. The third-order valence-corrected chi connectivity index (χ3v) is 1.57. The summed E-state index contributed by atoms with van der Waals surface area (Å²) in [6, 6.07) is 8.14. The van der Waals surface area contributed by atoms with Gasteiger partial charge in [-0.3, -0.25) is 0 Å². The standard InChI is InChI=1S/C10H9F3O/c1-14-9(7-10(11,12)13)8-5-3-2-4-6-8/h2-7H,1H3/b9-7-. The Morgan fingerprint density at radius 3 is 2.21 bits per heavy atom. The predicted molar refractivity (Wildman–Crippen MR) is 47.5 cm³/mol. The average Bonchev–Trinajstić information content (AvgIpc) is 2.14. The maximum atomic E-state index is 12.0. The highest BCUT2D eigenvalue weighted by Crippen LogP contribution is 2.24. The molecule has 0 radical (unpaired) electrons. The second kappa shape index (κ2) is 4.17. The van der Waals surface area contributed by atoms with Gasteiger partial charge < -0.3 is 4.74 Å². The van der Waals surface area contributed by atoms with Crippen LogP contribution < -0.4 is 0 Å². The van der Waals surface area contributed by atoms with Crippen molar-refractivity contribution >= 4 is 5.76 Å². The second-order valence-electron chi connectivity index (χ2n) is 2.62. The third-order valence-electron chi connectivity index (χ3n) is 1.57. The first-order valence-electron chi connectivity index (χ1n) is 3.92. The summed E-state index contributed by atoms with van der Waals surface area (Å²) in [6.45, 7) is 0. The van der Waals surface area contributed by atoms with Gasteiger partial charge in [0.05, 0.1) is 13.2 Å². The van der Waals surface area contributed by atoms with Gasteiger partial charge in [-0.1, -0.05) is 30.3 Å². The van der Waals surface area contributed by atoms with Gasteiger partial charge >= 0.3 is 6.18 Å². The van der Waals surface area contributed by atoms with Crippen molar-refractivity contribution in [2.24, 2.45) is 0 Å². The molecule has 76 valence electrons. The number of benzene rings is 1. The Labute approximate surface area is 79.8 Å². The zero-order valence-electron chi connectivity index (χ0n) is 7.51. The van der Waals surface area contributed by atoms with Gasteiger partial charge in [0.1, 0.15) is 5.76 Å². The van der Waals surface area contributed by atoms with Crippen molar-refractivity contribution < 1.29 is 17.9 Å². The van der Waals surface area contributed by atoms with Crippen molar-refractivity contribution in [1.29, 1.82) is 0 Å². The molecule has 1 rings (SSSR count). The summed E-state index contributed by atoms with van der Waals surface area (Å²) in [5, 5.41) is 0. The van der Waals surface area contributed by atoms with Crippen molar-refractivity contribution in [3.8, 4) is 0 Å². The van der Waals surface area contributed by atoms with Crippen LogP contribution >= 0.6 is 0 Å². The predicted octanol–water partition coefficient (Wildman–Crippen LogP) is 3.24. The van der Waals surface area contributed by atoms with Gasteiger partial charge in [0, 0.05) is 5.56 Å². The summed E-state index contributed by atoms with van der Waals surface area (Å²) in [7, 11) is 1.21. The summed E-state index contributed by atoms with van der Waals surface area (Å²) in [5.74, 6) is -0.182. The van der Waals surface area contributed by atoms with Crippen molar-refractivity contribution in [1.82, 2.24) is 0 Å². The van der Waals surface area contributed by atoms with Crippen molar-refractivity contribution in [3.63, 3.8) is 0 Å². The third kappa shape index (κ3) is 3.12. The molecule has 0 aliphatic heterocycles. The SMILES string of the molecule is CO/C(=C\C(F)(F)F)c1ccccc1. The van der Waals surface area contributed by atoms with Gasteiger partial charge in [0.2, 0.25) is 0 Å². The van der Waals surface area contributed by atoms with Gasteiger partial charge in [-0.2, -0.15) is 13.2 Å². The molecule has 0 saturated heterocycles. The molecule has 0 aliphatic rings. The van der Waals surface area contributed by atoms with E-state index in [0.29, 0.717) is 5.56 Å². The molecule has 1 aromatic rings. The van der Waals surface area contributed by atoms with Crippen LogP contribution in [0.3, 0.4) is 0 Å². The topological polar surface area (TPSA) is 9.23 Å². The first-order chi connectivity index (χ1) is 6.53. The molecule has 14 heavy (non-hydrogen) atoms. The van der Waals surface area contributed by atoms with E-state index >= 15 is 0 Å². The van der Waals surface area contributed by atoms with Crippen LogP contribution in [-0.4, -0.2) is 13.3 Å². The van der Waals surface area contributed by atoms with Crippen LogP contribution in [0.5, 0.6) is 0 Å². The fourth-order valence-corrected chi connectivity index (χ4v) is 1.01. The summed E-state index contributed by atoms with van der Waals surface area (Å²) in [5.41, 5.74) is 0.410. The lowest BCUT2D eigenvalue weighted by Gasteiger charge is -2.07. The van der Waals surface area contributed by atoms with Gasteiger partial charge in [0.15, 0.2) is 0 Å². The van der Waals surface area contributed by atoms with Crippen molar-refractivity contribution in [2.45, 2.75) is 6.18 Å². The molecular formula is C10H9F3O. The van der Waals surface area contributed by atoms with Crippen LogP contribution in [0.2, 0.25) is 0 Å². The molecule has 0 aromatic heterocycles. The number of alkyl halides is 3. The molecule has 4 heteroatoms. The molecule has 0 unspecified atom stereocenters. The molecule has 0 atom stereocenters. The highest BCUT2D eigenvalue weighted by atomic mass is 19.4. The minimum absolute atomic E-state index is 0.141. The average molecular weight is 202 g/mol. The Balaban J connectivity index is 3.00. The van der Waals surface area contributed by atoms with Crippen molar-refractivity contribution in [2.75, 3.05) is 7.11 Å². The molecule has 0 spiro atoms. The minimum atomic E-state index is -4.36. The smallest absolute Gasteiger partial charge is 0.413 e. The maximum absolute atomic E-state index is 12.0. The van der Waals surface area contributed by atoms with Crippen LogP contribution in [0, 0.1) is 0 Å². The first kappa shape index (κ1) is 10.6. The highest BCUT2D eigenvalue weighted by Gasteiger charge is 2.25. The Morgan fingerprint density at radius 1 is 1.21 bits per heavy atom. The van der Waals surface area contributed by atoms with Crippen LogP contribution in [0.1, 0.15) is 5.56 Å². The zero-order chi connectivity index (χ0) is 10.6. The molecule has 1 nitrogen and oxygen atoms in total. The van der Waals surface area contributed by atoms with E-state index in [1.54, 1.807) is 30.3 Å². The lowest BCUT2D eigenvalue weighted by Crippen LogP contribution is -2.04. The Bertz CT molecular complexity index is 314. The normalized spacial score (nSPS) is 12.7. The summed E-state index contributed by atoms with van der Waals surface area (Å²) < 4.78 is 40.7. The lowest BCUT2D eigenvalue weighted by atomic mass is 10.2. The van der Waals surface area contributed by atoms with E-state index < -0.39 is 6.18 Å². The van der Waals surface area contributed by atoms with Crippen LogP contribution in [0.25, 0.3) is 5.76 Å². The van der Waals surface area contributed by atoms with E-state index in [4.69, 9.17) is 0 Å². The van der Waals surface area contributed by atoms with E-state index in [1.807, 2.05) is 0 Å². The van der Waals surface area contributed by atoms with Gasteiger partial charge in [-0.05, 0) is 0 Å². The molecule has 0 bridgehead atoms. The van der Waals surface area contributed by atoms with E-state index in [1.165, 1.54) is 7.11 Å².